The van der Waals surface area contributed by atoms with Crippen LogP contribution in [0.1, 0.15) is 41.7 Å². The van der Waals surface area contributed by atoms with Gasteiger partial charge in [0, 0.05) is 6.42 Å². The van der Waals surface area contributed by atoms with E-state index >= 15 is 0 Å². The van der Waals surface area contributed by atoms with Crippen LogP contribution in [0.4, 0.5) is 13.2 Å². The summed E-state index contributed by atoms with van der Waals surface area (Å²) in [5.41, 5.74) is -0.155. The maximum absolute atomic E-state index is 12.7. The largest absolute Gasteiger partial charge is 0.416 e. The molecule has 0 spiro atoms. The molecule has 112 valence electrons. The number of halogens is 3. The van der Waals surface area contributed by atoms with E-state index in [1.165, 1.54) is 6.07 Å². The summed E-state index contributed by atoms with van der Waals surface area (Å²) in [5.74, 6) is 0.910. The monoisotopic (exact) mass is 297 g/mol. The molecular formula is C14H14F3N3O. The number of nitrogens with one attached hydrogen (secondary N) is 1. The Hall–Kier alpha value is -1.89. The molecule has 0 amide bonds. The van der Waals surface area contributed by atoms with E-state index in [0.717, 1.165) is 31.5 Å². The van der Waals surface area contributed by atoms with Gasteiger partial charge in [-0.15, -0.1) is 0 Å². The van der Waals surface area contributed by atoms with Crippen molar-refractivity contribution in [3.63, 3.8) is 0 Å². The first-order valence-electron chi connectivity index (χ1n) is 6.74. The van der Waals surface area contributed by atoms with Gasteiger partial charge in [0.1, 0.15) is 0 Å². The highest BCUT2D eigenvalue weighted by Gasteiger charge is 2.30. The molecule has 1 saturated heterocycles. The van der Waals surface area contributed by atoms with E-state index < -0.39 is 11.7 Å². The van der Waals surface area contributed by atoms with Crippen LogP contribution >= 0.6 is 0 Å². The van der Waals surface area contributed by atoms with Gasteiger partial charge in [-0.05, 0) is 31.0 Å². The smallest absolute Gasteiger partial charge is 0.338 e. The van der Waals surface area contributed by atoms with E-state index in [4.69, 9.17) is 4.52 Å². The number of hydrogen-bond acceptors (Lipinski definition) is 4. The third-order valence-electron chi connectivity index (χ3n) is 3.46. The number of rotatable bonds is 3. The average Bonchev–Trinajstić information content (AvgIpc) is 3.08. The Morgan fingerprint density at radius 1 is 1.33 bits per heavy atom. The van der Waals surface area contributed by atoms with Gasteiger partial charge in [-0.3, -0.25) is 0 Å². The van der Waals surface area contributed by atoms with Crippen LogP contribution in [0.25, 0.3) is 0 Å². The lowest BCUT2D eigenvalue weighted by atomic mass is 10.1. The first kappa shape index (κ1) is 14.1. The highest BCUT2D eigenvalue weighted by molar-refractivity contribution is 5.27. The highest BCUT2D eigenvalue weighted by atomic mass is 19.4. The molecule has 7 heteroatoms. The topological polar surface area (TPSA) is 51.0 Å². The van der Waals surface area contributed by atoms with E-state index in [-0.39, 0.29) is 12.5 Å². The van der Waals surface area contributed by atoms with Crippen LogP contribution in [0.5, 0.6) is 0 Å². The van der Waals surface area contributed by atoms with Crippen molar-refractivity contribution in [2.24, 2.45) is 0 Å². The third kappa shape index (κ3) is 3.24. The molecule has 2 heterocycles. The van der Waals surface area contributed by atoms with Crippen molar-refractivity contribution in [3.05, 3.63) is 47.1 Å². The van der Waals surface area contributed by atoms with E-state index in [1.54, 1.807) is 6.07 Å². The summed E-state index contributed by atoms with van der Waals surface area (Å²) in [6.45, 7) is 0.913. The van der Waals surface area contributed by atoms with Crippen LogP contribution in [-0.4, -0.2) is 16.7 Å². The van der Waals surface area contributed by atoms with Crippen molar-refractivity contribution in [2.45, 2.75) is 31.5 Å². The lowest BCUT2D eigenvalue weighted by Gasteiger charge is -2.07. The molecule has 1 fully saturated rings. The van der Waals surface area contributed by atoms with Crippen LogP contribution in [0.15, 0.2) is 28.8 Å². The second-order valence-electron chi connectivity index (χ2n) is 5.07. The summed E-state index contributed by atoms with van der Waals surface area (Å²) in [6, 6.07) is 5.24. The molecule has 4 nitrogen and oxygen atoms in total. The Bertz CT molecular complexity index is 618. The Morgan fingerprint density at radius 2 is 2.19 bits per heavy atom. The van der Waals surface area contributed by atoms with Crippen molar-refractivity contribution in [3.8, 4) is 0 Å². The molecule has 1 aliphatic rings. The summed E-state index contributed by atoms with van der Waals surface area (Å²) < 4.78 is 43.1. The molecule has 0 radical (unpaired) electrons. The second-order valence-corrected chi connectivity index (χ2v) is 5.07. The quantitative estimate of drug-likeness (QED) is 0.946. The SMILES string of the molecule is FC(F)(F)c1cccc(Cc2noc([C@@H]3CCCN3)n2)c1. The van der Waals surface area contributed by atoms with E-state index in [1.807, 2.05) is 0 Å². The third-order valence-corrected chi connectivity index (χ3v) is 3.46. The summed E-state index contributed by atoms with van der Waals surface area (Å²) >= 11 is 0. The lowest BCUT2D eigenvalue weighted by Crippen LogP contribution is -2.13. The van der Waals surface area contributed by atoms with Gasteiger partial charge in [0.2, 0.25) is 5.89 Å². The molecule has 21 heavy (non-hydrogen) atoms. The molecule has 1 aromatic carbocycles. The molecule has 0 aliphatic carbocycles. The lowest BCUT2D eigenvalue weighted by molar-refractivity contribution is -0.137. The molecule has 0 bridgehead atoms. The van der Waals surface area contributed by atoms with Crippen LogP contribution in [-0.2, 0) is 12.6 Å². The van der Waals surface area contributed by atoms with E-state index in [2.05, 4.69) is 15.5 Å². The molecule has 1 aliphatic heterocycles. The van der Waals surface area contributed by atoms with Crippen LogP contribution in [0.2, 0.25) is 0 Å². The van der Waals surface area contributed by atoms with E-state index in [9.17, 15) is 13.2 Å². The summed E-state index contributed by atoms with van der Waals surface area (Å²) in [4.78, 5) is 4.26. The minimum Gasteiger partial charge on any atom is -0.338 e. The van der Waals surface area contributed by atoms with Crippen molar-refractivity contribution < 1.29 is 17.7 Å². The molecule has 1 aromatic heterocycles. The fourth-order valence-electron chi connectivity index (χ4n) is 2.42. The molecule has 0 saturated carbocycles. The number of hydrogen-bond donors (Lipinski definition) is 1. The minimum atomic E-state index is -4.34. The van der Waals surface area contributed by atoms with Crippen LogP contribution in [0.3, 0.4) is 0 Å². The van der Waals surface area contributed by atoms with Crippen molar-refractivity contribution >= 4 is 0 Å². The maximum Gasteiger partial charge on any atom is 0.416 e. The molecule has 2 aromatic rings. The van der Waals surface area contributed by atoms with Gasteiger partial charge >= 0.3 is 6.18 Å². The van der Waals surface area contributed by atoms with Gasteiger partial charge in [0.05, 0.1) is 11.6 Å². The molecule has 0 unspecified atom stereocenters. The van der Waals surface area contributed by atoms with Crippen molar-refractivity contribution in [2.75, 3.05) is 6.54 Å². The zero-order chi connectivity index (χ0) is 14.9. The van der Waals surface area contributed by atoms with Crippen LogP contribution in [0, 0.1) is 0 Å². The van der Waals surface area contributed by atoms with Gasteiger partial charge in [-0.25, -0.2) is 0 Å². The Morgan fingerprint density at radius 3 is 2.90 bits per heavy atom. The summed E-state index contributed by atoms with van der Waals surface area (Å²) in [6.07, 6.45) is -2.13. The predicted molar refractivity (Wildman–Crippen MR) is 68.5 cm³/mol. The second kappa shape index (κ2) is 5.48. The number of benzene rings is 1. The average molecular weight is 297 g/mol. The Balaban J connectivity index is 1.74. The molecule has 1 atom stereocenters. The molecule has 3 rings (SSSR count). The van der Waals surface area contributed by atoms with Gasteiger partial charge in [-0.1, -0.05) is 23.4 Å². The number of aromatic nitrogens is 2. The van der Waals surface area contributed by atoms with Gasteiger partial charge in [-0.2, -0.15) is 18.2 Å². The number of alkyl halides is 3. The zero-order valence-electron chi connectivity index (χ0n) is 11.2. The van der Waals surface area contributed by atoms with E-state index in [0.29, 0.717) is 17.3 Å². The highest BCUT2D eigenvalue weighted by Crippen LogP contribution is 2.30. The van der Waals surface area contributed by atoms with Gasteiger partial charge < -0.3 is 9.84 Å². The molecule has 1 N–H and O–H groups in total. The van der Waals surface area contributed by atoms with Gasteiger partial charge in [0.25, 0.3) is 0 Å². The summed E-state index contributed by atoms with van der Waals surface area (Å²) in [5, 5.41) is 7.07. The standard InChI is InChI=1S/C14H14F3N3O/c15-14(16,17)10-4-1-3-9(7-10)8-12-19-13(21-20-12)11-5-2-6-18-11/h1,3-4,7,11,18H,2,5-6,8H2/t11-/m0/s1. The predicted octanol–water partition coefficient (Wildman–Crippen LogP) is 3.10. The van der Waals surface area contributed by atoms with Crippen LogP contribution < -0.4 is 5.32 Å². The normalized spacial score (nSPS) is 19.1. The zero-order valence-corrected chi connectivity index (χ0v) is 11.2. The fourth-order valence-corrected chi connectivity index (χ4v) is 2.42. The first-order valence-corrected chi connectivity index (χ1v) is 6.74. The maximum atomic E-state index is 12.7. The fraction of sp³-hybridized carbons (Fsp3) is 0.429. The molecular weight excluding hydrogens is 283 g/mol. The first-order chi connectivity index (χ1) is 10.0. The minimum absolute atomic E-state index is 0.0627. The number of nitrogens with zero attached hydrogens (tertiary/aromatic N) is 2. The summed E-state index contributed by atoms with van der Waals surface area (Å²) in [7, 11) is 0. The Kier molecular flexibility index (Phi) is 3.67. The van der Waals surface area contributed by atoms with Gasteiger partial charge in [0.15, 0.2) is 5.82 Å². The van der Waals surface area contributed by atoms with Crippen molar-refractivity contribution in [1.82, 2.24) is 15.5 Å². The van der Waals surface area contributed by atoms with Crippen molar-refractivity contribution in [1.29, 1.82) is 0 Å². The Labute approximate surface area is 119 Å².